The predicted molar refractivity (Wildman–Crippen MR) is 134 cm³/mol. The molecular formula is C29H32FN3O2. The number of halogens is 1. The van der Waals surface area contributed by atoms with Gasteiger partial charge in [0.1, 0.15) is 5.82 Å². The lowest BCUT2D eigenvalue weighted by Crippen LogP contribution is -2.56. The Kier molecular flexibility index (Phi) is 5.35. The largest absolute Gasteiger partial charge is 0.394 e. The molecule has 5 nitrogen and oxygen atoms in total. The van der Waals surface area contributed by atoms with E-state index in [9.17, 15) is 14.3 Å². The van der Waals surface area contributed by atoms with Crippen LogP contribution < -0.4 is 0 Å². The molecule has 1 fully saturated rings. The van der Waals surface area contributed by atoms with Gasteiger partial charge in [0.2, 0.25) is 5.91 Å². The zero-order valence-corrected chi connectivity index (χ0v) is 20.1. The maximum Gasteiger partial charge on any atom is 0.232 e. The Morgan fingerprint density at radius 2 is 1.86 bits per heavy atom. The molecule has 2 N–H and O–H groups in total. The average molecular weight is 474 g/mol. The van der Waals surface area contributed by atoms with Crippen molar-refractivity contribution in [2.75, 3.05) is 26.2 Å². The van der Waals surface area contributed by atoms with Crippen molar-refractivity contribution < 1.29 is 14.3 Å². The molecule has 3 aromatic rings. The fourth-order valence-corrected chi connectivity index (χ4v) is 6.50. The number of hydrogen-bond donors (Lipinski definition) is 2. The van der Waals surface area contributed by atoms with Crippen LogP contribution in [0.4, 0.5) is 4.39 Å². The summed E-state index contributed by atoms with van der Waals surface area (Å²) in [4.78, 5) is 21.1. The van der Waals surface area contributed by atoms with Gasteiger partial charge in [0.05, 0.1) is 18.1 Å². The highest BCUT2D eigenvalue weighted by Gasteiger charge is 2.49. The number of carbonyl (C=O) groups excluding carboxylic acids is 1. The van der Waals surface area contributed by atoms with Crippen LogP contribution in [-0.2, 0) is 16.8 Å². The molecule has 6 rings (SSSR count). The highest BCUT2D eigenvalue weighted by Crippen LogP contribution is 2.49. The second-order valence-electron chi connectivity index (χ2n) is 10.8. The van der Waals surface area contributed by atoms with Gasteiger partial charge in [-0.25, -0.2) is 4.39 Å². The smallest absolute Gasteiger partial charge is 0.232 e. The molecular weight excluding hydrogens is 441 g/mol. The number of likely N-dealkylation sites (tertiary alicyclic amines) is 1. The molecule has 1 saturated heterocycles. The number of H-pyrrole nitrogens is 1. The Morgan fingerprint density at radius 1 is 1.14 bits per heavy atom. The van der Waals surface area contributed by atoms with Crippen LogP contribution in [0.5, 0.6) is 0 Å². The van der Waals surface area contributed by atoms with E-state index in [2.05, 4.69) is 34.2 Å². The van der Waals surface area contributed by atoms with Crippen molar-refractivity contribution in [2.24, 2.45) is 5.41 Å². The van der Waals surface area contributed by atoms with Crippen molar-refractivity contribution in [3.63, 3.8) is 0 Å². The van der Waals surface area contributed by atoms with Crippen LogP contribution in [0.2, 0.25) is 0 Å². The zero-order chi connectivity index (χ0) is 24.2. The molecule has 0 saturated carbocycles. The summed E-state index contributed by atoms with van der Waals surface area (Å²) in [6, 6.07) is 15.0. The predicted octanol–water partition coefficient (Wildman–Crippen LogP) is 4.68. The maximum atomic E-state index is 14.6. The third kappa shape index (κ3) is 3.54. The summed E-state index contributed by atoms with van der Waals surface area (Å²) < 4.78 is 14.6. The number of nitrogens with one attached hydrogen (secondary N) is 1. The normalized spacial score (nSPS) is 25.6. The van der Waals surface area contributed by atoms with Crippen LogP contribution >= 0.6 is 0 Å². The van der Waals surface area contributed by atoms with Crippen molar-refractivity contribution in [1.82, 2.24) is 14.8 Å². The topological polar surface area (TPSA) is 59.6 Å². The molecule has 0 radical (unpaired) electrons. The van der Waals surface area contributed by atoms with Crippen LogP contribution in [0.3, 0.4) is 0 Å². The standard InChI is InChI=1S/C29H32FN3O2/c1-28(11-6-12-28)27(35)32-15-13-29(14-16-32)19-33(17-20-7-2-4-9-22(20)30)24(18-34)26-25(29)21-8-3-5-10-23(21)31-26/h2-11,24,31,34H,12-19H2,1H3. The number of amides is 1. The lowest BCUT2D eigenvalue weighted by atomic mass is 9.67. The number of fused-ring (bicyclic) bond motifs is 4. The molecule has 2 unspecified atom stereocenters. The van der Waals surface area contributed by atoms with Crippen molar-refractivity contribution in [2.45, 2.75) is 44.2 Å². The van der Waals surface area contributed by atoms with Crippen molar-refractivity contribution >= 4 is 16.8 Å². The Bertz CT molecular complexity index is 1310. The molecule has 0 bridgehead atoms. The van der Waals surface area contributed by atoms with Gasteiger partial charge in [-0.1, -0.05) is 48.6 Å². The monoisotopic (exact) mass is 473 g/mol. The molecule has 6 heteroatoms. The fraction of sp³-hybridized carbons (Fsp3) is 0.414. The first-order valence-corrected chi connectivity index (χ1v) is 12.6. The van der Waals surface area contributed by atoms with Crippen molar-refractivity contribution in [1.29, 1.82) is 0 Å². The van der Waals surface area contributed by atoms with Gasteiger partial charge in [0.15, 0.2) is 0 Å². The lowest BCUT2D eigenvalue weighted by Gasteiger charge is -2.51. The first-order chi connectivity index (χ1) is 16.9. The molecule has 1 spiro atoms. The molecule has 1 aromatic heterocycles. The number of hydrogen-bond acceptors (Lipinski definition) is 3. The van der Waals surface area contributed by atoms with Crippen LogP contribution in [0.1, 0.15) is 49.0 Å². The van der Waals surface area contributed by atoms with Crippen LogP contribution in [0, 0.1) is 11.2 Å². The van der Waals surface area contributed by atoms with Gasteiger partial charge in [-0.3, -0.25) is 9.69 Å². The quantitative estimate of drug-likeness (QED) is 0.541. The summed E-state index contributed by atoms with van der Waals surface area (Å²) in [7, 11) is 0. The number of aliphatic hydroxyl groups is 1. The number of carbonyl (C=O) groups is 1. The number of rotatable bonds is 4. The van der Waals surface area contributed by atoms with E-state index in [1.54, 1.807) is 6.07 Å². The Balaban J connectivity index is 1.38. The first-order valence-electron chi connectivity index (χ1n) is 12.6. The Morgan fingerprint density at radius 3 is 2.54 bits per heavy atom. The molecule has 3 heterocycles. The minimum Gasteiger partial charge on any atom is -0.394 e. The molecule has 35 heavy (non-hydrogen) atoms. The van der Waals surface area contributed by atoms with Gasteiger partial charge >= 0.3 is 0 Å². The van der Waals surface area contributed by atoms with Gasteiger partial charge in [-0.2, -0.15) is 0 Å². The number of piperidine rings is 1. The van der Waals surface area contributed by atoms with Crippen LogP contribution in [-0.4, -0.2) is 52.0 Å². The molecule has 2 atom stereocenters. The number of aliphatic hydroxyl groups excluding tert-OH is 1. The Labute approximate surface area is 205 Å². The van der Waals surface area contributed by atoms with E-state index in [1.807, 2.05) is 36.1 Å². The SMILES string of the molecule is CC1(C(=O)N2CCC3(CC2)CN(Cc2ccccc2F)C(CO)c2[nH]c4ccccc4c23)C=CC1. The second-order valence-corrected chi connectivity index (χ2v) is 10.8. The molecule has 2 aliphatic heterocycles. The summed E-state index contributed by atoms with van der Waals surface area (Å²) >= 11 is 0. The maximum absolute atomic E-state index is 14.6. The van der Waals surface area contributed by atoms with Gasteiger partial charge in [-0.15, -0.1) is 0 Å². The van der Waals surface area contributed by atoms with E-state index in [-0.39, 0.29) is 35.2 Å². The number of para-hydroxylation sites is 1. The van der Waals surface area contributed by atoms with Gasteiger partial charge in [0, 0.05) is 53.8 Å². The molecule has 182 valence electrons. The minimum atomic E-state index is -0.359. The van der Waals surface area contributed by atoms with Crippen molar-refractivity contribution in [3.8, 4) is 0 Å². The molecule has 3 aliphatic rings. The third-order valence-corrected chi connectivity index (χ3v) is 8.57. The molecule has 1 aliphatic carbocycles. The third-order valence-electron chi connectivity index (χ3n) is 8.57. The first kappa shape index (κ1) is 22.5. The van der Waals surface area contributed by atoms with E-state index in [1.165, 1.54) is 17.0 Å². The summed E-state index contributed by atoms with van der Waals surface area (Å²) in [5.74, 6) is 0.00385. The second kappa shape index (κ2) is 8.32. The van der Waals surface area contributed by atoms with Crippen LogP contribution in [0.25, 0.3) is 10.9 Å². The summed E-state index contributed by atoms with van der Waals surface area (Å²) in [6.45, 7) is 4.55. The Hall–Kier alpha value is -2.96. The van der Waals surface area contributed by atoms with Gasteiger partial charge in [0.25, 0.3) is 0 Å². The molecule has 1 amide bonds. The van der Waals surface area contributed by atoms with E-state index >= 15 is 0 Å². The van der Waals surface area contributed by atoms with Gasteiger partial charge in [-0.05, 0) is 43.9 Å². The lowest BCUT2D eigenvalue weighted by molar-refractivity contribution is -0.141. The number of nitrogens with zero attached hydrogens (tertiary/aromatic N) is 2. The highest BCUT2D eigenvalue weighted by molar-refractivity contribution is 5.88. The number of aromatic amines is 1. The number of allylic oxidation sites excluding steroid dienone is 1. The van der Waals surface area contributed by atoms with E-state index in [0.29, 0.717) is 25.2 Å². The number of aromatic nitrogens is 1. The van der Waals surface area contributed by atoms with E-state index in [0.717, 1.165) is 37.0 Å². The summed E-state index contributed by atoms with van der Waals surface area (Å²) in [5, 5.41) is 11.7. The highest BCUT2D eigenvalue weighted by atomic mass is 19.1. The van der Waals surface area contributed by atoms with E-state index in [4.69, 9.17) is 0 Å². The average Bonchev–Trinajstić information content (AvgIpc) is 3.25. The van der Waals surface area contributed by atoms with Crippen molar-refractivity contribution in [3.05, 3.63) is 83.3 Å². The summed E-state index contributed by atoms with van der Waals surface area (Å²) in [6.07, 6.45) is 6.60. The van der Waals surface area contributed by atoms with Crippen LogP contribution in [0.15, 0.2) is 60.7 Å². The van der Waals surface area contributed by atoms with E-state index < -0.39 is 0 Å². The van der Waals surface area contributed by atoms with Gasteiger partial charge < -0.3 is 15.0 Å². The minimum absolute atomic E-state index is 0.0420. The fourth-order valence-electron chi connectivity index (χ4n) is 6.50. The molecule has 2 aromatic carbocycles. The zero-order valence-electron chi connectivity index (χ0n) is 20.1. The summed E-state index contributed by atoms with van der Waals surface area (Å²) in [5.41, 5.74) is 3.48. The number of benzene rings is 2.